The Labute approximate surface area is 198 Å². The van der Waals surface area contributed by atoms with Gasteiger partial charge in [-0.25, -0.2) is 17.6 Å². The molecule has 0 aliphatic heterocycles. The van der Waals surface area contributed by atoms with E-state index in [1.165, 1.54) is 32.1 Å². The number of ether oxygens (including phenoxy) is 1. The summed E-state index contributed by atoms with van der Waals surface area (Å²) in [5.41, 5.74) is -0.0266. The number of hydrogen-bond acceptors (Lipinski definition) is 1. The minimum Gasteiger partial charge on any atom is -0.433 e. The average molecular weight is 489 g/mol. The van der Waals surface area contributed by atoms with Crippen molar-refractivity contribution in [1.29, 1.82) is 0 Å². The Balaban J connectivity index is 1.35. The molecule has 0 heterocycles. The van der Waals surface area contributed by atoms with Crippen molar-refractivity contribution >= 4 is 0 Å². The van der Waals surface area contributed by atoms with Gasteiger partial charge in [0, 0.05) is 18.9 Å². The van der Waals surface area contributed by atoms with Gasteiger partial charge in [-0.15, -0.1) is 0 Å². The van der Waals surface area contributed by atoms with Gasteiger partial charge in [0.05, 0.1) is 5.57 Å². The Morgan fingerprint density at radius 3 is 2.03 bits per heavy atom. The third-order valence-corrected chi connectivity index (χ3v) is 8.43. The molecular formula is C27H34F6O. The Morgan fingerprint density at radius 1 is 0.853 bits per heavy atom. The van der Waals surface area contributed by atoms with E-state index in [9.17, 15) is 26.3 Å². The van der Waals surface area contributed by atoms with Crippen LogP contribution in [0.25, 0.3) is 0 Å². The molecule has 0 aromatic rings. The minimum absolute atomic E-state index is 0.130. The molecule has 0 radical (unpaired) electrons. The third-order valence-electron chi connectivity index (χ3n) is 8.43. The van der Waals surface area contributed by atoms with Crippen molar-refractivity contribution in [2.75, 3.05) is 0 Å². The minimum atomic E-state index is -4.07. The molecule has 0 aromatic heterocycles. The predicted molar refractivity (Wildman–Crippen MR) is 120 cm³/mol. The summed E-state index contributed by atoms with van der Waals surface area (Å²) >= 11 is 0. The van der Waals surface area contributed by atoms with Crippen LogP contribution in [0.3, 0.4) is 0 Å². The quantitative estimate of drug-likeness (QED) is 0.339. The smallest absolute Gasteiger partial charge is 0.425 e. The lowest BCUT2D eigenvalue weighted by Crippen LogP contribution is -2.32. The molecule has 34 heavy (non-hydrogen) atoms. The van der Waals surface area contributed by atoms with Gasteiger partial charge in [0.25, 0.3) is 0 Å². The predicted octanol–water partition coefficient (Wildman–Crippen LogP) is 8.99. The van der Waals surface area contributed by atoms with Crippen molar-refractivity contribution < 1.29 is 31.1 Å². The van der Waals surface area contributed by atoms with Gasteiger partial charge in [-0.3, -0.25) is 0 Å². The summed E-state index contributed by atoms with van der Waals surface area (Å²) in [5, 5.41) is 0. The first-order chi connectivity index (χ1) is 16.2. The zero-order valence-corrected chi connectivity index (χ0v) is 19.7. The Morgan fingerprint density at radius 2 is 1.47 bits per heavy atom. The lowest BCUT2D eigenvalue weighted by molar-refractivity contribution is -0.191. The monoisotopic (exact) mass is 488 g/mol. The molecule has 190 valence electrons. The van der Waals surface area contributed by atoms with Gasteiger partial charge in [-0.05, 0) is 62.2 Å². The number of allylic oxidation sites excluding steroid dienone is 7. The average Bonchev–Trinajstić information content (AvgIpc) is 2.82. The van der Waals surface area contributed by atoms with Crippen LogP contribution in [0.5, 0.6) is 0 Å². The highest BCUT2D eigenvalue weighted by Gasteiger charge is 2.45. The molecule has 2 saturated carbocycles. The van der Waals surface area contributed by atoms with Gasteiger partial charge in [0.15, 0.2) is 17.8 Å². The SMILES string of the molecule is CCC1CCC(C2CCC(C3=CC=C(C(F)(F)OC4=CC(F)=C(F)C(F)C4)C(F)C3)CC2)CC1. The summed E-state index contributed by atoms with van der Waals surface area (Å²) in [7, 11) is 0. The van der Waals surface area contributed by atoms with Crippen LogP contribution in [0, 0.1) is 23.7 Å². The normalized spacial score (nSPS) is 35.4. The van der Waals surface area contributed by atoms with Crippen LogP contribution in [0.4, 0.5) is 26.3 Å². The molecule has 4 rings (SSSR count). The number of rotatable bonds is 6. The maximum Gasteiger partial charge on any atom is 0.425 e. The van der Waals surface area contributed by atoms with E-state index in [2.05, 4.69) is 11.7 Å². The summed E-state index contributed by atoms with van der Waals surface area (Å²) in [5.74, 6) is -1.41. The fourth-order valence-corrected chi connectivity index (χ4v) is 6.28. The first kappa shape index (κ1) is 25.4. The molecule has 4 aliphatic rings. The lowest BCUT2D eigenvalue weighted by Gasteiger charge is -2.39. The highest BCUT2D eigenvalue weighted by atomic mass is 19.3. The first-order valence-corrected chi connectivity index (χ1v) is 12.7. The zero-order valence-electron chi connectivity index (χ0n) is 19.7. The van der Waals surface area contributed by atoms with Gasteiger partial charge in [-0.1, -0.05) is 43.9 Å². The van der Waals surface area contributed by atoms with Crippen LogP contribution < -0.4 is 0 Å². The number of alkyl halides is 4. The molecule has 0 aromatic carbocycles. The maximum absolute atomic E-state index is 14.9. The van der Waals surface area contributed by atoms with Crippen molar-refractivity contribution in [1.82, 2.24) is 0 Å². The van der Waals surface area contributed by atoms with Crippen LogP contribution in [-0.2, 0) is 4.74 Å². The summed E-state index contributed by atoms with van der Waals surface area (Å²) in [6.07, 6.45) is 4.22. The van der Waals surface area contributed by atoms with Crippen molar-refractivity contribution in [2.24, 2.45) is 23.7 Å². The molecule has 0 saturated heterocycles. The van der Waals surface area contributed by atoms with Crippen molar-refractivity contribution in [3.8, 4) is 0 Å². The van der Waals surface area contributed by atoms with E-state index in [0.717, 1.165) is 49.2 Å². The molecular weight excluding hydrogens is 454 g/mol. The number of hydrogen-bond donors (Lipinski definition) is 0. The Bertz CT molecular complexity index is 856. The molecule has 1 nitrogen and oxygen atoms in total. The molecule has 2 atom stereocenters. The van der Waals surface area contributed by atoms with E-state index >= 15 is 0 Å². The fraction of sp³-hybridized carbons (Fsp3) is 0.704. The molecule has 0 spiro atoms. The summed E-state index contributed by atoms with van der Waals surface area (Å²) in [6, 6.07) is 0. The molecule has 0 amide bonds. The van der Waals surface area contributed by atoms with Gasteiger partial charge in [-0.2, -0.15) is 8.78 Å². The van der Waals surface area contributed by atoms with E-state index in [4.69, 9.17) is 0 Å². The van der Waals surface area contributed by atoms with E-state index in [0.29, 0.717) is 12.0 Å². The van der Waals surface area contributed by atoms with Crippen LogP contribution in [-0.4, -0.2) is 18.5 Å². The molecule has 0 bridgehead atoms. The van der Waals surface area contributed by atoms with Crippen LogP contribution in [0.2, 0.25) is 0 Å². The van der Waals surface area contributed by atoms with E-state index in [1.807, 2.05) is 0 Å². The molecule has 2 unspecified atom stereocenters. The summed E-state index contributed by atoms with van der Waals surface area (Å²) < 4.78 is 88.5. The Hall–Kier alpha value is -1.66. The van der Waals surface area contributed by atoms with Crippen LogP contribution in [0.15, 0.2) is 46.8 Å². The topological polar surface area (TPSA) is 9.23 Å². The first-order valence-electron chi connectivity index (χ1n) is 12.7. The summed E-state index contributed by atoms with van der Waals surface area (Å²) in [4.78, 5) is 0. The van der Waals surface area contributed by atoms with Gasteiger partial charge < -0.3 is 4.74 Å². The largest absolute Gasteiger partial charge is 0.433 e. The standard InChI is InChI=1S/C27H34F6O/c1-2-16-3-5-17(6-4-16)18-7-9-19(10-8-18)20-11-12-22(23(28)13-20)27(32,33)34-21-14-24(29)26(31)25(30)15-21/h11-12,14,16-19,23,25H,2-10,13,15H2,1H3. The van der Waals surface area contributed by atoms with E-state index < -0.39 is 47.9 Å². The molecule has 7 heteroatoms. The highest BCUT2D eigenvalue weighted by molar-refractivity contribution is 5.33. The van der Waals surface area contributed by atoms with Crippen LogP contribution >= 0.6 is 0 Å². The number of halogens is 6. The van der Waals surface area contributed by atoms with Gasteiger partial charge >= 0.3 is 6.11 Å². The zero-order chi connectivity index (χ0) is 24.5. The van der Waals surface area contributed by atoms with Gasteiger partial charge in [0.1, 0.15) is 11.9 Å². The fourth-order valence-electron chi connectivity index (χ4n) is 6.28. The van der Waals surface area contributed by atoms with Crippen LogP contribution in [0.1, 0.15) is 77.6 Å². The van der Waals surface area contributed by atoms with Gasteiger partial charge in [0.2, 0.25) is 0 Å². The summed E-state index contributed by atoms with van der Waals surface area (Å²) in [6.45, 7) is 2.26. The molecule has 4 aliphatic carbocycles. The van der Waals surface area contributed by atoms with Crippen molar-refractivity contribution in [2.45, 2.75) is 96.0 Å². The van der Waals surface area contributed by atoms with E-state index in [-0.39, 0.29) is 12.3 Å². The van der Waals surface area contributed by atoms with Crippen molar-refractivity contribution in [3.63, 3.8) is 0 Å². The second-order valence-corrected chi connectivity index (χ2v) is 10.4. The van der Waals surface area contributed by atoms with Crippen molar-refractivity contribution in [3.05, 3.63) is 46.8 Å². The lowest BCUT2D eigenvalue weighted by atomic mass is 9.67. The Kier molecular flexibility index (Phi) is 7.88. The highest BCUT2D eigenvalue weighted by Crippen LogP contribution is 2.46. The second-order valence-electron chi connectivity index (χ2n) is 10.4. The molecule has 0 N–H and O–H groups in total. The molecule has 2 fully saturated rings. The third kappa shape index (κ3) is 5.59. The van der Waals surface area contributed by atoms with E-state index in [1.54, 1.807) is 6.08 Å². The second kappa shape index (κ2) is 10.5. The maximum atomic E-state index is 14.9.